The molecule has 2 heterocycles. The van der Waals surface area contributed by atoms with Gasteiger partial charge in [0, 0.05) is 6.08 Å². The van der Waals surface area contributed by atoms with Gasteiger partial charge in [-0.2, -0.15) is 0 Å². The quantitative estimate of drug-likeness (QED) is 0.516. The summed E-state index contributed by atoms with van der Waals surface area (Å²) in [5, 5.41) is 3.31. The zero-order valence-corrected chi connectivity index (χ0v) is 16.0. The Morgan fingerprint density at radius 2 is 1.93 bits per heavy atom. The molecule has 1 aromatic heterocycles. The van der Waals surface area contributed by atoms with E-state index in [0.29, 0.717) is 28.9 Å². The van der Waals surface area contributed by atoms with Gasteiger partial charge in [-0.15, -0.1) is 0 Å². The van der Waals surface area contributed by atoms with Gasteiger partial charge < -0.3 is 14.5 Å². The Balaban J connectivity index is 1.48. The molecule has 6 heteroatoms. The molecule has 1 aliphatic rings. The minimum Gasteiger partial charge on any atom is -0.486 e. The number of rotatable bonds is 5. The number of carbonyl (C=O) groups is 1. The van der Waals surface area contributed by atoms with Crippen molar-refractivity contribution in [2.75, 3.05) is 4.90 Å². The van der Waals surface area contributed by atoms with Gasteiger partial charge >= 0.3 is 0 Å². The Morgan fingerprint density at radius 3 is 2.71 bits per heavy atom. The number of nitrogens with one attached hydrogen (secondary N) is 1. The maximum atomic E-state index is 12.8. The van der Waals surface area contributed by atoms with E-state index in [-0.39, 0.29) is 5.91 Å². The molecule has 1 aliphatic heterocycles. The van der Waals surface area contributed by atoms with Crippen LogP contribution in [0.1, 0.15) is 17.1 Å². The first-order chi connectivity index (χ1) is 13.6. The van der Waals surface area contributed by atoms with E-state index in [2.05, 4.69) is 5.32 Å². The molecule has 0 spiro atoms. The van der Waals surface area contributed by atoms with E-state index in [1.807, 2.05) is 67.6 Å². The molecule has 28 heavy (non-hydrogen) atoms. The average Bonchev–Trinajstić information content (AvgIpc) is 3.25. The molecule has 0 bridgehead atoms. The summed E-state index contributed by atoms with van der Waals surface area (Å²) in [4.78, 5) is 14.3. The lowest BCUT2D eigenvalue weighted by Gasteiger charge is -2.14. The summed E-state index contributed by atoms with van der Waals surface area (Å²) in [5.41, 5.74) is 2.17. The van der Waals surface area contributed by atoms with Gasteiger partial charge in [0.2, 0.25) is 0 Å². The normalized spacial score (nSPS) is 15.2. The molecular formula is C22H18N2O3S. The highest BCUT2D eigenvalue weighted by molar-refractivity contribution is 7.80. The van der Waals surface area contributed by atoms with Crippen molar-refractivity contribution in [3.05, 3.63) is 89.5 Å². The molecule has 2 aromatic carbocycles. The van der Waals surface area contributed by atoms with Gasteiger partial charge in [0.1, 0.15) is 29.6 Å². The van der Waals surface area contributed by atoms with E-state index >= 15 is 0 Å². The highest BCUT2D eigenvalue weighted by Crippen LogP contribution is 2.24. The van der Waals surface area contributed by atoms with E-state index in [0.717, 1.165) is 17.0 Å². The topological polar surface area (TPSA) is 54.7 Å². The van der Waals surface area contributed by atoms with Crippen LogP contribution in [0.3, 0.4) is 0 Å². The summed E-state index contributed by atoms with van der Waals surface area (Å²) in [6.07, 6.45) is 1.65. The summed E-state index contributed by atoms with van der Waals surface area (Å²) >= 11 is 5.34. The van der Waals surface area contributed by atoms with E-state index in [9.17, 15) is 4.79 Å². The number of furan rings is 1. The zero-order valence-electron chi connectivity index (χ0n) is 15.2. The Bertz CT molecular complexity index is 1060. The van der Waals surface area contributed by atoms with Crippen molar-refractivity contribution in [1.82, 2.24) is 5.32 Å². The standard InChI is InChI=1S/C22H18N2O3S/c1-15-6-5-7-16(12-15)24-21(25)20(23-22(24)28)13-18-10-11-19(27-18)14-26-17-8-3-2-4-9-17/h2-13H,14H2,1H3,(H,23,28)/b20-13+. The summed E-state index contributed by atoms with van der Waals surface area (Å²) in [5.74, 6) is 1.77. The molecule has 0 aliphatic carbocycles. The molecule has 1 amide bonds. The number of carbonyl (C=O) groups excluding carboxylic acids is 1. The fourth-order valence-electron chi connectivity index (χ4n) is 2.90. The van der Waals surface area contributed by atoms with Crippen molar-refractivity contribution in [1.29, 1.82) is 0 Å². The smallest absolute Gasteiger partial charge is 0.281 e. The van der Waals surface area contributed by atoms with Crippen LogP contribution < -0.4 is 15.0 Å². The molecule has 0 unspecified atom stereocenters. The number of hydrogen-bond donors (Lipinski definition) is 1. The number of aryl methyl sites for hydroxylation is 1. The molecule has 3 aromatic rings. The van der Waals surface area contributed by atoms with Gasteiger partial charge in [0.15, 0.2) is 5.11 Å². The Morgan fingerprint density at radius 1 is 1.11 bits per heavy atom. The largest absolute Gasteiger partial charge is 0.486 e. The Hall–Kier alpha value is -3.38. The number of nitrogens with zero attached hydrogens (tertiary/aromatic N) is 1. The highest BCUT2D eigenvalue weighted by Gasteiger charge is 2.32. The maximum absolute atomic E-state index is 12.8. The van der Waals surface area contributed by atoms with Crippen molar-refractivity contribution >= 4 is 35.0 Å². The van der Waals surface area contributed by atoms with Crippen LogP contribution in [-0.2, 0) is 11.4 Å². The van der Waals surface area contributed by atoms with Crippen molar-refractivity contribution in [2.45, 2.75) is 13.5 Å². The second kappa shape index (κ2) is 7.70. The average molecular weight is 390 g/mol. The first-order valence-corrected chi connectivity index (χ1v) is 9.21. The van der Waals surface area contributed by atoms with Crippen LogP contribution in [0, 0.1) is 6.92 Å². The molecule has 4 rings (SSSR count). The summed E-state index contributed by atoms with van der Waals surface area (Å²) in [6, 6.07) is 20.8. The predicted octanol–water partition coefficient (Wildman–Crippen LogP) is 4.43. The monoisotopic (exact) mass is 390 g/mol. The van der Waals surface area contributed by atoms with Crippen molar-refractivity contribution < 1.29 is 13.9 Å². The molecule has 0 atom stereocenters. The third kappa shape index (κ3) is 3.82. The minimum atomic E-state index is -0.214. The Labute approximate surface area is 168 Å². The summed E-state index contributed by atoms with van der Waals surface area (Å²) in [7, 11) is 0. The SMILES string of the molecule is Cc1cccc(N2C(=O)/C(=C\c3ccc(COc4ccccc4)o3)NC2=S)c1. The van der Waals surface area contributed by atoms with Crippen LogP contribution in [0.25, 0.3) is 6.08 Å². The zero-order chi connectivity index (χ0) is 19.5. The lowest BCUT2D eigenvalue weighted by atomic mass is 10.2. The number of amides is 1. The summed E-state index contributed by atoms with van der Waals surface area (Å²) < 4.78 is 11.4. The first-order valence-electron chi connectivity index (χ1n) is 8.80. The van der Waals surface area contributed by atoms with Crippen LogP contribution >= 0.6 is 12.2 Å². The van der Waals surface area contributed by atoms with Gasteiger partial charge in [-0.05, 0) is 61.1 Å². The van der Waals surface area contributed by atoms with E-state index in [1.54, 1.807) is 12.1 Å². The number of para-hydroxylation sites is 1. The van der Waals surface area contributed by atoms with E-state index < -0.39 is 0 Å². The van der Waals surface area contributed by atoms with Crippen molar-refractivity contribution in [3.63, 3.8) is 0 Å². The van der Waals surface area contributed by atoms with Crippen molar-refractivity contribution in [3.8, 4) is 5.75 Å². The third-order valence-corrected chi connectivity index (χ3v) is 4.52. The molecule has 1 fully saturated rings. The molecule has 140 valence electrons. The maximum Gasteiger partial charge on any atom is 0.281 e. The third-order valence-electron chi connectivity index (χ3n) is 4.23. The van der Waals surface area contributed by atoms with E-state index in [4.69, 9.17) is 21.4 Å². The molecule has 0 radical (unpaired) electrons. The number of ether oxygens (including phenoxy) is 1. The molecule has 0 saturated carbocycles. The summed E-state index contributed by atoms with van der Waals surface area (Å²) in [6.45, 7) is 2.28. The minimum absolute atomic E-state index is 0.214. The number of hydrogen-bond acceptors (Lipinski definition) is 4. The molecule has 1 saturated heterocycles. The number of anilines is 1. The first kappa shape index (κ1) is 18.0. The van der Waals surface area contributed by atoms with Gasteiger partial charge in [-0.3, -0.25) is 9.69 Å². The van der Waals surface area contributed by atoms with Crippen LogP contribution in [-0.4, -0.2) is 11.0 Å². The van der Waals surface area contributed by atoms with Gasteiger partial charge in [0.25, 0.3) is 5.91 Å². The fourth-order valence-corrected chi connectivity index (χ4v) is 3.20. The predicted molar refractivity (Wildman–Crippen MR) is 112 cm³/mol. The van der Waals surface area contributed by atoms with Crippen LogP contribution in [0.4, 0.5) is 5.69 Å². The molecule has 1 N–H and O–H groups in total. The van der Waals surface area contributed by atoms with Gasteiger partial charge in [0.05, 0.1) is 5.69 Å². The Kier molecular flexibility index (Phi) is 4.95. The fraction of sp³-hybridized carbons (Fsp3) is 0.0909. The number of thiocarbonyl (C=S) groups is 1. The van der Waals surface area contributed by atoms with Crippen LogP contribution in [0.15, 0.2) is 76.8 Å². The van der Waals surface area contributed by atoms with Gasteiger partial charge in [-0.1, -0.05) is 30.3 Å². The molecular weight excluding hydrogens is 372 g/mol. The molecule has 5 nitrogen and oxygen atoms in total. The van der Waals surface area contributed by atoms with Crippen molar-refractivity contribution in [2.24, 2.45) is 0 Å². The van der Waals surface area contributed by atoms with E-state index in [1.165, 1.54) is 4.90 Å². The second-order valence-electron chi connectivity index (χ2n) is 6.37. The lowest BCUT2D eigenvalue weighted by Crippen LogP contribution is -2.30. The van der Waals surface area contributed by atoms with Crippen LogP contribution in [0.2, 0.25) is 0 Å². The van der Waals surface area contributed by atoms with Gasteiger partial charge in [-0.25, -0.2) is 0 Å². The second-order valence-corrected chi connectivity index (χ2v) is 6.76. The number of benzene rings is 2. The lowest BCUT2D eigenvalue weighted by molar-refractivity contribution is -0.113. The van der Waals surface area contributed by atoms with Crippen LogP contribution in [0.5, 0.6) is 5.75 Å². The highest BCUT2D eigenvalue weighted by atomic mass is 32.1.